The number of nitrogens with one attached hydrogen (secondary N) is 1. The molecule has 0 heterocycles. The number of hydrogen-bond donors (Lipinski definition) is 2. The lowest BCUT2D eigenvalue weighted by Crippen LogP contribution is -2.34. The van der Waals surface area contributed by atoms with Gasteiger partial charge in [0, 0.05) is 12.1 Å². The zero-order chi connectivity index (χ0) is 15.3. The van der Waals surface area contributed by atoms with Crippen LogP contribution in [0.5, 0.6) is 0 Å². The maximum atomic E-state index is 12.3. The molecule has 4 heteroatoms. The van der Waals surface area contributed by atoms with Gasteiger partial charge in [-0.25, -0.2) is 0 Å². The Morgan fingerprint density at radius 2 is 1.85 bits per heavy atom. The monoisotopic (exact) mass is 277 g/mol. The molecule has 1 amide bonds. The smallest absolute Gasteiger partial charge is 0.308 e. The van der Waals surface area contributed by atoms with Crippen LogP contribution in [0.1, 0.15) is 50.0 Å². The number of carbonyl (C=O) groups excluding carboxylic acids is 1. The van der Waals surface area contributed by atoms with E-state index < -0.39 is 11.9 Å². The number of carbonyl (C=O) groups is 2. The van der Waals surface area contributed by atoms with Crippen LogP contribution in [-0.2, 0) is 10.2 Å². The van der Waals surface area contributed by atoms with Crippen LogP contribution >= 0.6 is 0 Å². The second kappa shape index (κ2) is 6.55. The van der Waals surface area contributed by atoms with Crippen molar-refractivity contribution in [3.05, 3.63) is 35.4 Å². The van der Waals surface area contributed by atoms with Crippen molar-refractivity contribution in [3.8, 4) is 0 Å². The maximum Gasteiger partial charge on any atom is 0.308 e. The molecule has 0 aliphatic heterocycles. The van der Waals surface area contributed by atoms with Gasteiger partial charge in [-0.05, 0) is 23.5 Å². The van der Waals surface area contributed by atoms with Crippen LogP contribution in [0.3, 0.4) is 0 Å². The molecule has 0 spiro atoms. The molecule has 1 unspecified atom stereocenters. The Kier molecular flexibility index (Phi) is 5.31. The summed E-state index contributed by atoms with van der Waals surface area (Å²) in [4.78, 5) is 23.2. The summed E-state index contributed by atoms with van der Waals surface area (Å²) in [6, 6.07) is 7.43. The second-order valence-electron chi connectivity index (χ2n) is 5.95. The summed E-state index contributed by atoms with van der Waals surface area (Å²) in [7, 11) is 0. The Labute approximate surface area is 120 Å². The van der Waals surface area contributed by atoms with Gasteiger partial charge in [-0.1, -0.05) is 45.9 Å². The Balaban J connectivity index is 2.86. The Bertz CT molecular complexity index is 489. The predicted octanol–water partition coefficient (Wildman–Crippen LogP) is 2.82. The van der Waals surface area contributed by atoms with Gasteiger partial charge >= 0.3 is 5.97 Å². The molecule has 2 N–H and O–H groups in total. The normalized spacial score (nSPS) is 12.8. The average molecular weight is 277 g/mol. The van der Waals surface area contributed by atoms with Crippen LogP contribution in [-0.4, -0.2) is 23.5 Å². The van der Waals surface area contributed by atoms with E-state index in [4.69, 9.17) is 5.11 Å². The van der Waals surface area contributed by atoms with E-state index in [1.165, 1.54) is 0 Å². The van der Waals surface area contributed by atoms with Crippen molar-refractivity contribution in [2.24, 2.45) is 5.92 Å². The second-order valence-corrected chi connectivity index (χ2v) is 5.95. The zero-order valence-electron chi connectivity index (χ0n) is 12.6. The molecule has 4 nitrogen and oxygen atoms in total. The number of aliphatic carboxylic acids is 1. The van der Waals surface area contributed by atoms with Crippen LogP contribution in [0.4, 0.5) is 0 Å². The molecule has 0 aliphatic carbocycles. The first-order chi connectivity index (χ1) is 9.27. The maximum absolute atomic E-state index is 12.3. The third-order valence-corrected chi connectivity index (χ3v) is 3.33. The van der Waals surface area contributed by atoms with E-state index >= 15 is 0 Å². The Morgan fingerprint density at radius 1 is 1.25 bits per heavy atom. The summed E-state index contributed by atoms with van der Waals surface area (Å²) in [5, 5.41) is 11.7. The summed E-state index contributed by atoms with van der Waals surface area (Å²) in [6.45, 7) is 8.10. The highest BCUT2D eigenvalue weighted by Crippen LogP contribution is 2.25. The number of carboxylic acids is 1. The van der Waals surface area contributed by atoms with Crippen molar-refractivity contribution in [3.63, 3.8) is 0 Å². The first-order valence-electron chi connectivity index (χ1n) is 6.88. The van der Waals surface area contributed by atoms with Crippen molar-refractivity contribution in [1.29, 1.82) is 0 Å². The number of hydrogen-bond acceptors (Lipinski definition) is 2. The number of carboxylic acid groups (broad SMARTS) is 1. The van der Waals surface area contributed by atoms with Crippen LogP contribution < -0.4 is 5.32 Å². The van der Waals surface area contributed by atoms with E-state index in [1.54, 1.807) is 13.0 Å². The summed E-state index contributed by atoms with van der Waals surface area (Å²) in [5.74, 6) is -1.63. The van der Waals surface area contributed by atoms with E-state index in [1.807, 2.05) is 39.0 Å². The molecule has 0 saturated carbocycles. The van der Waals surface area contributed by atoms with Crippen molar-refractivity contribution >= 4 is 11.9 Å². The first kappa shape index (κ1) is 16.2. The van der Waals surface area contributed by atoms with Gasteiger partial charge in [-0.15, -0.1) is 0 Å². The first-order valence-corrected chi connectivity index (χ1v) is 6.88. The van der Waals surface area contributed by atoms with Crippen molar-refractivity contribution in [2.75, 3.05) is 6.54 Å². The van der Waals surface area contributed by atoms with E-state index in [0.717, 1.165) is 5.56 Å². The van der Waals surface area contributed by atoms with E-state index in [9.17, 15) is 9.59 Å². The minimum absolute atomic E-state index is 0.134. The number of benzene rings is 1. The van der Waals surface area contributed by atoms with E-state index in [0.29, 0.717) is 12.0 Å². The van der Waals surface area contributed by atoms with Gasteiger partial charge in [0.15, 0.2) is 0 Å². The molecule has 110 valence electrons. The van der Waals surface area contributed by atoms with Crippen molar-refractivity contribution in [2.45, 2.75) is 39.5 Å². The minimum atomic E-state index is -0.878. The molecule has 0 radical (unpaired) electrons. The molecule has 1 aromatic rings. The molecule has 1 atom stereocenters. The molecule has 20 heavy (non-hydrogen) atoms. The van der Waals surface area contributed by atoms with Gasteiger partial charge in [0.05, 0.1) is 5.92 Å². The van der Waals surface area contributed by atoms with Gasteiger partial charge in [-0.2, -0.15) is 0 Å². The highest BCUT2D eigenvalue weighted by atomic mass is 16.4. The lowest BCUT2D eigenvalue weighted by molar-refractivity contribution is -0.141. The molecule has 0 bridgehead atoms. The fourth-order valence-corrected chi connectivity index (χ4v) is 2.05. The topological polar surface area (TPSA) is 66.4 Å². The Hall–Kier alpha value is -1.84. The zero-order valence-corrected chi connectivity index (χ0v) is 12.6. The lowest BCUT2D eigenvalue weighted by Gasteiger charge is -2.22. The standard InChI is InChI=1S/C16H23NO3/c1-5-11(15(19)20)10-17-14(18)12-8-6-7-9-13(12)16(2,3)4/h6-9,11H,5,10H2,1-4H3,(H,17,18)(H,19,20). The van der Waals surface area contributed by atoms with E-state index in [2.05, 4.69) is 5.32 Å². The fraction of sp³-hybridized carbons (Fsp3) is 0.500. The number of amides is 1. The highest BCUT2D eigenvalue weighted by Gasteiger charge is 2.22. The van der Waals surface area contributed by atoms with Crippen LogP contribution in [0.25, 0.3) is 0 Å². The number of rotatable bonds is 5. The van der Waals surface area contributed by atoms with Crippen LogP contribution in [0, 0.1) is 5.92 Å². The molecule has 0 aliphatic rings. The molecular weight excluding hydrogens is 254 g/mol. The summed E-state index contributed by atoms with van der Waals surface area (Å²) < 4.78 is 0. The lowest BCUT2D eigenvalue weighted by atomic mass is 9.83. The molecule has 1 aromatic carbocycles. The third-order valence-electron chi connectivity index (χ3n) is 3.33. The largest absolute Gasteiger partial charge is 0.481 e. The summed E-state index contributed by atoms with van der Waals surface area (Å²) in [6.07, 6.45) is 0.497. The van der Waals surface area contributed by atoms with Crippen molar-refractivity contribution in [1.82, 2.24) is 5.32 Å². The van der Waals surface area contributed by atoms with Gasteiger partial charge < -0.3 is 10.4 Å². The predicted molar refractivity (Wildman–Crippen MR) is 78.9 cm³/mol. The van der Waals surface area contributed by atoms with Gasteiger partial charge in [0.25, 0.3) is 5.91 Å². The SMILES string of the molecule is CCC(CNC(=O)c1ccccc1C(C)(C)C)C(=O)O. The third kappa shape index (κ3) is 4.08. The molecule has 0 fully saturated rings. The highest BCUT2D eigenvalue weighted by molar-refractivity contribution is 5.96. The van der Waals surface area contributed by atoms with Crippen molar-refractivity contribution < 1.29 is 14.7 Å². The molecule has 1 rings (SSSR count). The van der Waals surface area contributed by atoms with Crippen LogP contribution in [0.15, 0.2) is 24.3 Å². The molecule has 0 saturated heterocycles. The van der Waals surface area contributed by atoms with Crippen LogP contribution in [0.2, 0.25) is 0 Å². The van der Waals surface area contributed by atoms with E-state index in [-0.39, 0.29) is 17.9 Å². The van der Waals surface area contributed by atoms with Gasteiger partial charge in [0.2, 0.25) is 0 Å². The Morgan fingerprint density at radius 3 is 2.35 bits per heavy atom. The minimum Gasteiger partial charge on any atom is -0.481 e. The summed E-state index contributed by atoms with van der Waals surface area (Å²) >= 11 is 0. The average Bonchev–Trinajstić information content (AvgIpc) is 2.37. The quantitative estimate of drug-likeness (QED) is 0.869. The fourth-order valence-electron chi connectivity index (χ4n) is 2.05. The van der Waals surface area contributed by atoms with Gasteiger partial charge in [0.1, 0.15) is 0 Å². The summed E-state index contributed by atoms with van der Waals surface area (Å²) in [5.41, 5.74) is 1.44. The molecular formula is C16H23NO3. The van der Waals surface area contributed by atoms with Gasteiger partial charge in [-0.3, -0.25) is 9.59 Å². The molecule has 0 aromatic heterocycles.